The molecule has 96 valence electrons. The minimum Gasteiger partial charge on any atom is -0.333 e. The number of H-pyrrole nitrogens is 1. The van der Waals surface area contributed by atoms with Gasteiger partial charge < -0.3 is 4.98 Å². The molecule has 0 aliphatic carbocycles. The first-order chi connectivity index (χ1) is 9.22. The van der Waals surface area contributed by atoms with Gasteiger partial charge in [0.1, 0.15) is 0 Å². The third-order valence-corrected chi connectivity index (χ3v) is 3.55. The SMILES string of the molecule is Fc1cc2nc(SCc3cccnc3)[nH]c2cc1F. The number of aromatic amines is 1. The van der Waals surface area contributed by atoms with Crippen LogP contribution in [0.5, 0.6) is 0 Å². The molecule has 1 N–H and O–H groups in total. The number of thioether (sulfide) groups is 1. The number of rotatable bonds is 3. The van der Waals surface area contributed by atoms with Gasteiger partial charge in [-0.25, -0.2) is 13.8 Å². The van der Waals surface area contributed by atoms with Crippen LogP contribution in [0.1, 0.15) is 5.56 Å². The Hall–Kier alpha value is -1.95. The molecule has 0 aliphatic heterocycles. The zero-order chi connectivity index (χ0) is 13.2. The monoisotopic (exact) mass is 277 g/mol. The second-order valence-corrected chi connectivity index (χ2v) is 4.94. The van der Waals surface area contributed by atoms with E-state index in [9.17, 15) is 8.78 Å². The highest BCUT2D eigenvalue weighted by Crippen LogP contribution is 2.24. The average Bonchev–Trinajstić information content (AvgIpc) is 2.80. The number of hydrogen-bond acceptors (Lipinski definition) is 3. The maximum Gasteiger partial charge on any atom is 0.166 e. The van der Waals surface area contributed by atoms with Gasteiger partial charge in [-0.1, -0.05) is 17.8 Å². The summed E-state index contributed by atoms with van der Waals surface area (Å²) in [5, 5.41) is 0.629. The summed E-state index contributed by atoms with van der Waals surface area (Å²) in [5.74, 6) is -1.07. The van der Waals surface area contributed by atoms with Gasteiger partial charge in [0.25, 0.3) is 0 Å². The number of nitrogens with one attached hydrogen (secondary N) is 1. The summed E-state index contributed by atoms with van der Waals surface area (Å²) in [7, 11) is 0. The third kappa shape index (κ3) is 2.58. The van der Waals surface area contributed by atoms with E-state index in [4.69, 9.17) is 0 Å². The first kappa shape index (κ1) is 12.1. The fraction of sp³-hybridized carbons (Fsp3) is 0.0769. The Balaban J connectivity index is 1.82. The minimum absolute atomic E-state index is 0.424. The number of hydrogen-bond donors (Lipinski definition) is 1. The van der Waals surface area contributed by atoms with Crippen LogP contribution in [0.25, 0.3) is 11.0 Å². The lowest BCUT2D eigenvalue weighted by atomic mass is 10.3. The van der Waals surface area contributed by atoms with E-state index >= 15 is 0 Å². The van der Waals surface area contributed by atoms with E-state index in [2.05, 4.69) is 15.0 Å². The molecule has 0 spiro atoms. The standard InChI is InChI=1S/C13H9F2N3S/c14-9-4-11-12(5-10(9)15)18-13(17-11)19-7-8-2-1-3-16-6-8/h1-6H,7H2,(H,17,18). The molecule has 6 heteroatoms. The van der Waals surface area contributed by atoms with Crippen molar-refractivity contribution in [3.63, 3.8) is 0 Å². The molecule has 3 aromatic rings. The van der Waals surface area contributed by atoms with Crippen molar-refractivity contribution in [3.8, 4) is 0 Å². The molecular weight excluding hydrogens is 268 g/mol. The fourth-order valence-corrected chi connectivity index (χ4v) is 2.50. The van der Waals surface area contributed by atoms with Gasteiger partial charge in [0.2, 0.25) is 0 Å². The van der Waals surface area contributed by atoms with Crippen molar-refractivity contribution in [2.75, 3.05) is 0 Å². The Morgan fingerprint density at radius 3 is 2.84 bits per heavy atom. The average molecular weight is 277 g/mol. The van der Waals surface area contributed by atoms with Crippen molar-refractivity contribution in [2.45, 2.75) is 10.9 Å². The van der Waals surface area contributed by atoms with Crippen LogP contribution in [-0.4, -0.2) is 15.0 Å². The summed E-state index contributed by atoms with van der Waals surface area (Å²) in [4.78, 5) is 11.2. The smallest absolute Gasteiger partial charge is 0.166 e. The zero-order valence-corrected chi connectivity index (χ0v) is 10.5. The lowest BCUT2D eigenvalue weighted by Gasteiger charge is -1.96. The quantitative estimate of drug-likeness (QED) is 0.745. The molecule has 0 amide bonds. The predicted molar refractivity (Wildman–Crippen MR) is 69.8 cm³/mol. The summed E-state index contributed by atoms with van der Waals surface area (Å²) in [5.41, 5.74) is 1.98. The highest BCUT2D eigenvalue weighted by molar-refractivity contribution is 7.98. The highest BCUT2D eigenvalue weighted by atomic mass is 32.2. The minimum atomic E-state index is -0.886. The Kier molecular flexibility index (Phi) is 3.16. The van der Waals surface area contributed by atoms with Crippen molar-refractivity contribution >= 4 is 22.8 Å². The maximum atomic E-state index is 13.1. The normalized spacial score (nSPS) is 11.1. The van der Waals surface area contributed by atoms with Gasteiger partial charge in [-0.05, 0) is 11.6 Å². The predicted octanol–water partition coefficient (Wildman–Crippen LogP) is 3.53. The summed E-state index contributed by atoms with van der Waals surface area (Å²) >= 11 is 1.46. The lowest BCUT2D eigenvalue weighted by molar-refractivity contribution is 0.510. The van der Waals surface area contributed by atoms with Crippen LogP contribution in [0.4, 0.5) is 8.78 Å². The summed E-state index contributed by atoms with van der Waals surface area (Å²) < 4.78 is 26.1. The molecule has 0 unspecified atom stereocenters. The number of pyridine rings is 1. The Morgan fingerprint density at radius 1 is 1.21 bits per heavy atom. The molecule has 1 aromatic carbocycles. The number of nitrogens with zero attached hydrogens (tertiary/aromatic N) is 2. The maximum absolute atomic E-state index is 13.1. The van der Waals surface area contributed by atoms with Crippen LogP contribution in [0, 0.1) is 11.6 Å². The van der Waals surface area contributed by atoms with Crippen LogP contribution in [0.3, 0.4) is 0 Å². The molecule has 0 radical (unpaired) electrons. The molecule has 19 heavy (non-hydrogen) atoms. The second kappa shape index (κ2) is 4.97. The highest BCUT2D eigenvalue weighted by Gasteiger charge is 2.09. The number of aromatic nitrogens is 3. The van der Waals surface area contributed by atoms with Gasteiger partial charge in [-0.2, -0.15) is 0 Å². The first-order valence-electron chi connectivity index (χ1n) is 5.59. The number of halogens is 2. The fourth-order valence-electron chi connectivity index (χ4n) is 1.69. The van der Waals surface area contributed by atoms with Gasteiger partial charge in [0, 0.05) is 30.3 Å². The number of imidazole rings is 1. The van der Waals surface area contributed by atoms with E-state index in [0.29, 0.717) is 21.9 Å². The zero-order valence-electron chi connectivity index (χ0n) is 9.73. The molecule has 0 atom stereocenters. The van der Waals surface area contributed by atoms with Crippen molar-refractivity contribution in [1.82, 2.24) is 15.0 Å². The molecule has 2 heterocycles. The van der Waals surface area contributed by atoms with Crippen LogP contribution in [-0.2, 0) is 5.75 Å². The number of benzene rings is 1. The Labute approximate surface area is 112 Å². The van der Waals surface area contributed by atoms with E-state index in [1.807, 2.05) is 12.1 Å². The number of fused-ring (bicyclic) bond motifs is 1. The van der Waals surface area contributed by atoms with E-state index in [-0.39, 0.29) is 0 Å². The van der Waals surface area contributed by atoms with Gasteiger partial charge in [0.15, 0.2) is 16.8 Å². The van der Waals surface area contributed by atoms with Gasteiger partial charge in [0.05, 0.1) is 11.0 Å². The van der Waals surface area contributed by atoms with Gasteiger partial charge in [-0.15, -0.1) is 0 Å². The second-order valence-electron chi connectivity index (χ2n) is 3.98. The van der Waals surface area contributed by atoms with Crippen molar-refractivity contribution in [3.05, 3.63) is 53.9 Å². The van der Waals surface area contributed by atoms with Gasteiger partial charge in [-0.3, -0.25) is 4.98 Å². The van der Waals surface area contributed by atoms with Gasteiger partial charge >= 0.3 is 0 Å². The van der Waals surface area contributed by atoms with Crippen molar-refractivity contribution in [2.24, 2.45) is 0 Å². The van der Waals surface area contributed by atoms with Crippen LogP contribution in [0.15, 0.2) is 41.8 Å². The molecule has 0 saturated heterocycles. The van der Waals surface area contributed by atoms with Crippen LogP contribution < -0.4 is 0 Å². The van der Waals surface area contributed by atoms with Crippen LogP contribution in [0.2, 0.25) is 0 Å². The lowest BCUT2D eigenvalue weighted by Crippen LogP contribution is -1.82. The van der Waals surface area contributed by atoms with Crippen molar-refractivity contribution in [1.29, 1.82) is 0 Å². The molecular formula is C13H9F2N3S. The molecule has 0 saturated carbocycles. The molecule has 3 rings (SSSR count). The summed E-state index contributed by atoms with van der Waals surface area (Å²) in [6.45, 7) is 0. The van der Waals surface area contributed by atoms with E-state index in [1.54, 1.807) is 12.4 Å². The van der Waals surface area contributed by atoms with Crippen molar-refractivity contribution < 1.29 is 8.78 Å². The Morgan fingerprint density at radius 2 is 2.05 bits per heavy atom. The Bertz CT molecular complexity index is 673. The summed E-state index contributed by atoms with van der Waals surface area (Å²) in [6.07, 6.45) is 3.48. The largest absolute Gasteiger partial charge is 0.333 e. The van der Waals surface area contributed by atoms with E-state index < -0.39 is 11.6 Å². The molecule has 0 aliphatic rings. The van der Waals surface area contributed by atoms with Crippen LogP contribution >= 0.6 is 11.8 Å². The molecule has 2 aromatic heterocycles. The third-order valence-electron chi connectivity index (χ3n) is 2.60. The van der Waals surface area contributed by atoms with E-state index in [1.165, 1.54) is 11.8 Å². The summed E-state index contributed by atoms with van der Waals surface area (Å²) in [6, 6.07) is 6.03. The molecule has 0 bridgehead atoms. The molecule has 0 fully saturated rings. The topological polar surface area (TPSA) is 41.6 Å². The van der Waals surface area contributed by atoms with E-state index in [0.717, 1.165) is 17.7 Å². The molecule has 3 nitrogen and oxygen atoms in total. The first-order valence-corrected chi connectivity index (χ1v) is 6.57.